The van der Waals surface area contributed by atoms with Crippen molar-refractivity contribution in [2.75, 3.05) is 13.2 Å². The summed E-state index contributed by atoms with van der Waals surface area (Å²) in [6.45, 7) is 5.85. The summed E-state index contributed by atoms with van der Waals surface area (Å²) in [5.41, 5.74) is 3.95. The quantitative estimate of drug-likeness (QED) is 0.0748. The van der Waals surface area contributed by atoms with Gasteiger partial charge in [-0.2, -0.15) is 0 Å². The number of unbranched alkanes of at least 4 members (excludes halogenated alkanes) is 13. The van der Waals surface area contributed by atoms with Gasteiger partial charge in [0.1, 0.15) is 23.4 Å². The van der Waals surface area contributed by atoms with Crippen molar-refractivity contribution in [3.8, 4) is 28.4 Å². The molecule has 0 aromatic heterocycles. The number of ether oxygens (including phenoxy) is 3. The fourth-order valence-corrected chi connectivity index (χ4v) is 5.87. The van der Waals surface area contributed by atoms with E-state index in [0.29, 0.717) is 24.5 Å². The van der Waals surface area contributed by atoms with Crippen LogP contribution in [0.3, 0.4) is 0 Å². The minimum Gasteiger partial charge on any atom is -0.494 e. The smallest absolute Gasteiger partial charge is 0.343 e. The molecule has 1 N–H and O–H groups in total. The third kappa shape index (κ3) is 10.1. The number of aliphatic hydroxyl groups excluding tert-OH is 1. The molecule has 0 radical (unpaired) electrons. The summed E-state index contributed by atoms with van der Waals surface area (Å²) in [5.74, 6) is 1.50. The van der Waals surface area contributed by atoms with Gasteiger partial charge in [-0.15, -0.1) is 0 Å². The molecule has 3 aromatic rings. The molecule has 3 aromatic carbocycles. The molecule has 0 saturated heterocycles. The van der Waals surface area contributed by atoms with Crippen molar-refractivity contribution in [1.82, 2.24) is 0 Å². The Labute approximate surface area is 264 Å². The standard InChI is InChI=1S/C39H52O5/c1-3-5-7-9-11-12-13-15-17-27-43-32-22-24-34-35-25-23-33(29-37(35)38(40)36(34)28-32)44-39(41)30-18-20-31(21-19-30)42-26-16-14-10-8-6-4-2/h18-25,28-29,38,40H,3-17,26-27H2,1-2H3/t38-/m1/s1. The fourth-order valence-electron chi connectivity index (χ4n) is 5.87. The third-order valence-electron chi connectivity index (χ3n) is 8.51. The maximum Gasteiger partial charge on any atom is 0.343 e. The minimum absolute atomic E-state index is 0.408. The molecule has 1 aliphatic rings. The van der Waals surface area contributed by atoms with E-state index in [1.807, 2.05) is 36.4 Å². The number of esters is 1. The molecule has 0 amide bonds. The van der Waals surface area contributed by atoms with Crippen LogP contribution in [0, 0.1) is 0 Å². The van der Waals surface area contributed by atoms with Crippen molar-refractivity contribution in [3.05, 3.63) is 77.4 Å². The van der Waals surface area contributed by atoms with Crippen LogP contribution < -0.4 is 14.2 Å². The van der Waals surface area contributed by atoms with Crippen molar-refractivity contribution in [2.45, 2.75) is 116 Å². The number of carbonyl (C=O) groups is 1. The molecule has 0 heterocycles. The highest BCUT2D eigenvalue weighted by Gasteiger charge is 2.28. The van der Waals surface area contributed by atoms with Gasteiger partial charge in [0.25, 0.3) is 0 Å². The Bertz CT molecular complexity index is 1280. The van der Waals surface area contributed by atoms with Crippen molar-refractivity contribution < 1.29 is 24.1 Å². The lowest BCUT2D eigenvalue weighted by atomic mass is 10.1. The van der Waals surface area contributed by atoms with Gasteiger partial charge in [0.15, 0.2) is 0 Å². The summed E-state index contributed by atoms with van der Waals surface area (Å²) in [7, 11) is 0. The number of rotatable bonds is 21. The van der Waals surface area contributed by atoms with Gasteiger partial charge in [0, 0.05) is 0 Å². The first kappa shape index (κ1) is 33.6. The van der Waals surface area contributed by atoms with E-state index in [1.54, 1.807) is 24.3 Å². The highest BCUT2D eigenvalue weighted by molar-refractivity contribution is 5.91. The van der Waals surface area contributed by atoms with Gasteiger partial charge < -0.3 is 19.3 Å². The second-order valence-electron chi connectivity index (χ2n) is 12.1. The lowest BCUT2D eigenvalue weighted by Crippen LogP contribution is -2.09. The first-order chi connectivity index (χ1) is 21.6. The summed E-state index contributed by atoms with van der Waals surface area (Å²) >= 11 is 0. The molecule has 5 nitrogen and oxygen atoms in total. The van der Waals surface area contributed by atoms with Crippen molar-refractivity contribution in [3.63, 3.8) is 0 Å². The first-order valence-electron chi connectivity index (χ1n) is 17.1. The van der Waals surface area contributed by atoms with Crippen LogP contribution in [0.4, 0.5) is 0 Å². The predicted octanol–water partition coefficient (Wildman–Crippen LogP) is 10.6. The molecule has 0 aliphatic heterocycles. The van der Waals surface area contributed by atoms with Crippen molar-refractivity contribution in [1.29, 1.82) is 0 Å². The molecular formula is C39H52O5. The Morgan fingerprint density at radius 1 is 0.568 bits per heavy atom. The maximum absolute atomic E-state index is 12.9. The molecule has 44 heavy (non-hydrogen) atoms. The van der Waals surface area contributed by atoms with Crippen LogP contribution in [-0.4, -0.2) is 24.3 Å². The van der Waals surface area contributed by atoms with Crippen molar-refractivity contribution >= 4 is 5.97 Å². The zero-order valence-electron chi connectivity index (χ0n) is 27.0. The molecule has 0 saturated carbocycles. The van der Waals surface area contributed by atoms with Gasteiger partial charge in [-0.05, 0) is 83.6 Å². The van der Waals surface area contributed by atoms with E-state index in [-0.39, 0.29) is 0 Å². The maximum atomic E-state index is 12.9. The van der Waals surface area contributed by atoms with E-state index >= 15 is 0 Å². The minimum atomic E-state index is -0.794. The Morgan fingerprint density at radius 3 is 1.55 bits per heavy atom. The predicted molar refractivity (Wildman–Crippen MR) is 179 cm³/mol. The number of aliphatic hydroxyl groups is 1. The van der Waals surface area contributed by atoms with Crippen LogP contribution in [0.5, 0.6) is 17.2 Å². The van der Waals surface area contributed by atoms with Gasteiger partial charge in [-0.1, -0.05) is 109 Å². The summed E-state index contributed by atoms with van der Waals surface area (Å²) < 4.78 is 17.5. The zero-order chi connectivity index (χ0) is 31.0. The molecule has 5 heteroatoms. The van der Waals surface area contributed by atoms with Crippen LogP contribution in [0.1, 0.15) is 138 Å². The van der Waals surface area contributed by atoms with Crippen LogP contribution in [0.15, 0.2) is 60.7 Å². The summed E-state index contributed by atoms with van der Waals surface area (Å²) in [4.78, 5) is 12.9. The Balaban J connectivity index is 1.22. The Kier molecular flexibility index (Phi) is 14.1. The SMILES string of the molecule is CCCCCCCCCCCOc1ccc2c(c1)[C@@H](O)c1cc(OC(=O)c3ccc(OCCCCCCCC)cc3)ccc1-2. The first-order valence-corrected chi connectivity index (χ1v) is 17.1. The van der Waals surface area contributed by atoms with E-state index in [1.165, 1.54) is 83.5 Å². The molecule has 0 unspecified atom stereocenters. The summed E-state index contributed by atoms with van der Waals surface area (Å²) in [5, 5.41) is 11.1. The number of carbonyl (C=O) groups excluding carboxylic acids is 1. The van der Waals surface area contributed by atoms with Gasteiger partial charge in [0.2, 0.25) is 0 Å². The van der Waals surface area contributed by atoms with Crippen molar-refractivity contribution in [2.24, 2.45) is 0 Å². The van der Waals surface area contributed by atoms with Gasteiger partial charge >= 0.3 is 5.97 Å². The highest BCUT2D eigenvalue weighted by Crippen LogP contribution is 2.46. The fraction of sp³-hybridized carbons (Fsp3) is 0.513. The van der Waals surface area contributed by atoms with E-state index in [0.717, 1.165) is 46.6 Å². The topological polar surface area (TPSA) is 65.0 Å². The number of hydrogen-bond donors (Lipinski definition) is 1. The largest absolute Gasteiger partial charge is 0.494 e. The van der Waals surface area contributed by atoms with E-state index in [9.17, 15) is 9.90 Å². The molecule has 0 bridgehead atoms. The Morgan fingerprint density at radius 2 is 1.00 bits per heavy atom. The van der Waals surface area contributed by atoms with E-state index in [2.05, 4.69) is 13.8 Å². The number of fused-ring (bicyclic) bond motifs is 3. The van der Waals surface area contributed by atoms with Gasteiger partial charge in [-0.25, -0.2) is 4.79 Å². The summed E-state index contributed by atoms with van der Waals surface area (Å²) in [6.07, 6.45) is 18.0. The molecule has 0 spiro atoms. The monoisotopic (exact) mass is 600 g/mol. The lowest BCUT2D eigenvalue weighted by Gasteiger charge is -2.10. The zero-order valence-corrected chi connectivity index (χ0v) is 27.0. The van der Waals surface area contributed by atoms with Crippen LogP contribution in [0.2, 0.25) is 0 Å². The molecular weight excluding hydrogens is 548 g/mol. The molecule has 4 rings (SSSR count). The average Bonchev–Trinajstić information content (AvgIpc) is 3.32. The molecule has 1 aliphatic carbocycles. The third-order valence-corrected chi connectivity index (χ3v) is 8.51. The second kappa shape index (κ2) is 18.5. The summed E-state index contributed by atoms with van der Waals surface area (Å²) in [6, 6.07) is 18.5. The van der Waals surface area contributed by atoms with Gasteiger partial charge in [-0.3, -0.25) is 0 Å². The highest BCUT2D eigenvalue weighted by atomic mass is 16.5. The van der Waals surface area contributed by atoms with Crippen LogP contribution in [0.25, 0.3) is 11.1 Å². The lowest BCUT2D eigenvalue weighted by molar-refractivity contribution is 0.0734. The second-order valence-corrected chi connectivity index (χ2v) is 12.1. The van der Waals surface area contributed by atoms with E-state index < -0.39 is 12.1 Å². The van der Waals surface area contributed by atoms with Gasteiger partial charge in [0.05, 0.1) is 18.8 Å². The van der Waals surface area contributed by atoms with E-state index in [4.69, 9.17) is 14.2 Å². The number of hydrogen-bond acceptors (Lipinski definition) is 5. The van der Waals surface area contributed by atoms with Crippen LogP contribution in [-0.2, 0) is 0 Å². The molecule has 0 fully saturated rings. The molecule has 238 valence electrons. The molecule has 1 atom stereocenters. The number of benzene rings is 3. The Hall–Kier alpha value is -3.31. The normalized spacial score (nSPS) is 13.4. The average molecular weight is 601 g/mol. The van der Waals surface area contributed by atoms with Crippen LogP contribution >= 0.6 is 0 Å².